The van der Waals surface area contributed by atoms with Crippen LogP contribution in [0, 0.1) is 0 Å². The third-order valence-corrected chi connectivity index (χ3v) is 6.31. The first kappa shape index (κ1) is 23.8. The highest BCUT2D eigenvalue weighted by atomic mass is 35.5. The number of hydrogen-bond acceptors (Lipinski definition) is 7. The van der Waals surface area contributed by atoms with Gasteiger partial charge in [0.1, 0.15) is 17.8 Å². The van der Waals surface area contributed by atoms with Gasteiger partial charge in [0, 0.05) is 30.3 Å². The van der Waals surface area contributed by atoms with Gasteiger partial charge in [0.25, 0.3) is 0 Å². The number of benzene rings is 1. The molecule has 186 valence electrons. The van der Waals surface area contributed by atoms with Crippen LogP contribution in [0.25, 0.3) is 39.1 Å². The Labute approximate surface area is 211 Å². The molecule has 0 atom stereocenters. The fourth-order valence-electron chi connectivity index (χ4n) is 4.24. The molecule has 0 aliphatic rings. The Balaban J connectivity index is 1.89. The minimum atomic E-state index is -0.548. The Hall–Kier alpha value is -3.96. The number of halogens is 1. The zero-order valence-electron chi connectivity index (χ0n) is 20.4. The van der Waals surface area contributed by atoms with Crippen LogP contribution in [-0.2, 0) is 16.8 Å². The number of nitrogen functional groups attached to an aromatic ring is 1. The summed E-state index contributed by atoms with van der Waals surface area (Å²) < 4.78 is 10.6. The van der Waals surface area contributed by atoms with Gasteiger partial charge in [0.15, 0.2) is 11.5 Å². The molecule has 5 aromatic rings. The van der Waals surface area contributed by atoms with Crippen LogP contribution in [0.5, 0.6) is 0 Å². The predicted molar refractivity (Wildman–Crippen MR) is 138 cm³/mol. The molecule has 1 aromatic carbocycles. The van der Waals surface area contributed by atoms with E-state index in [1.165, 1.54) is 6.33 Å². The summed E-state index contributed by atoms with van der Waals surface area (Å²) in [5, 5.41) is 11.4. The zero-order chi connectivity index (χ0) is 25.8. The van der Waals surface area contributed by atoms with Crippen molar-refractivity contribution >= 4 is 45.3 Å². The van der Waals surface area contributed by atoms with Gasteiger partial charge in [0.2, 0.25) is 5.91 Å². The van der Waals surface area contributed by atoms with Gasteiger partial charge < -0.3 is 16.2 Å². The van der Waals surface area contributed by atoms with E-state index in [0.29, 0.717) is 62.9 Å². The molecule has 0 aliphatic carbocycles. The Bertz CT molecular complexity index is 1620. The summed E-state index contributed by atoms with van der Waals surface area (Å²) in [6.45, 7) is 7.13. The zero-order valence-corrected chi connectivity index (χ0v) is 21.1. The average Bonchev–Trinajstić information content (AvgIpc) is 3.52. The van der Waals surface area contributed by atoms with Crippen LogP contribution in [0.15, 0.2) is 36.8 Å². The number of carbonyl (C=O) groups excluding carboxylic acids is 1. The lowest BCUT2D eigenvalue weighted by atomic mass is 10.1. The van der Waals surface area contributed by atoms with Crippen molar-refractivity contribution in [1.29, 1.82) is 0 Å². The fraction of sp³-hybridized carbons (Fsp3) is 0.292. The van der Waals surface area contributed by atoms with Crippen LogP contribution in [-0.4, -0.2) is 53.7 Å². The second-order valence-corrected chi connectivity index (χ2v) is 9.79. The number of nitrogens with two attached hydrogens (primary N) is 2. The van der Waals surface area contributed by atoms with Crippen LogP contribution in [0.1, 0.15) is 31.1 Å². The summed E-state index contributed by atoms with van der Waals surface area (Å²) in [5.74, 6) is 0.309. The molecule has 0 spiro atoms. The van der Waals surface area contributed by atoms with Gasteiger partial charge in [-0.25, -0.2) is 14.6 Å². The summed E-state index contributed by atoms with van der Waals surface area (Å²) in [4.78, 5) is 20.7. The number of nitrogens with zero attached hydrogens (tertiary/aromatic N) is 7. The number of aromatic nitrogens is 7. The highest BCUT2D eigenvalue weighted by molar-refractivity contribution is 6.39. The molecule has 0 radical (unpaired) electrons. The molecule has 1 amide bonds. The Morgan fingerprint density at radius 3 is 2.64 bits per heavy atom. The molecule has 4 N–H and O–H groups in total. The summed E-state index contributed by atoms with van der Waals surface area (Å²) >= 11 is 7.02. The van der Waals surface area contributed by atoms with E-state index in [4.69, 9.17) is 38.0 Å². The monoisotopic (exact) mass is 507 g/mol. The van der Waals surface area contributed by atoms with E-state index in [9.17, 15) is 4.79 Å². The van der Waals surface area contributed by atoms with E-state index in [1.54, 1.807) is 34.7 Å². The molecule has 36 heavy (non-hydrogen) atoms. The van der Waals surface area contributed by atoms with Crippen LogP contribution in [0.2, 0.25) is 5.02 Å². The average molecular weight is 508 g/mol. The van der Waals surface area contributed by atoms with Crippen molar-refractivity contribution in [3.8, 4) is 17.2 Å². The van der Waals surface area contributed by atoms with Crippen molar-refractivity contribution < 1.29 is 9.53 Å². The molecule has 0 saturated carbocycles. The predicted octanol–water partition coefficient (Wildman–Crippen LogP) is 3.37. The van der Waals surface area contributed by atoms with Crippen LogP contribution in [0.3, 0.4) is 0 Å². The molecule has 11 nitrogen and oxygen atoms in total. The molecule has 4 aromatic heterocycles. The fourth-order valence-corrected chi connectivity index (χ4v) is 4.57. The molecule has 0 saturated heterocycles. The van der Waals surface area contributed by atoms with Crippen molar-refractivity contribution in [2.24, 2.45) is 5.73 Å². The van der Waals surface area contributed by atoms with Crippen molar-refractivity contribution in [1.82, 2.24) is 34.1 Å². The minimum Gasteiger partial charge on any atom is -0.383 e. The number of carbonyl (C=O) groups is 1. The maximum absolute atomic E-state index is 12.0. The third-order valence-electron chi connectivity index (χ3n) is 5.93. The number of rotatable bonds is 6. The van der Waals surface area contributed by atoms with Gasteiger partial charge in [-0.3, -0.25) is 14.0 Å². The number of primary amides is 1. The second-order valence-electron chi connectivity index (χ2n) is 9.41. The maximum atomic E-state index is 12.0. The van der Waals surface area contributed by atoms with Gasteiger partial charge in [-0.15, -0.1) is 0 Å². The molecular formula is C24H26ClN9O2. The number of hydrogen-bond donors (Lipinski definition) is 2. The van der Waals surface area contributed by atoms with Gasteiger partial charge in [0.05, 0.1) is 40.3 Å². The van der Waals surface area contributed by atoms with Crippen LogP contribution >= 0.6 is 11.6 Å². The normalized spacial score (nSPS) is 12.1. The number of methoxy groups -OCH3 is 1. The highest BCUT2D eigenvalue weighted by Gasteiger charge is 2.29. The van der Waals surface area contributed by atoms with Crippen molar-refractivity contribution in [3.63, 3.8) is 0 Å². The minimum absolute atomic E-state index is 0.279. The van der Waals surface area contributed by atoms with E-state index >= 15 is 0 Å². The van der Waals surface area contributed by atoms with Gasteiger partial charge in [-0.05, 0) is 32.9 Å². The summed E-state index contributed by atoms with van der Waals surface area (Å²) in [7, 11) is 1.64. The molecule has 0 bridgehead atoms. The van der Waals surface area contributed by atoms with Crippen LogP contribution in [0.4, 0.5) is 5.82 Å². The number of amides is 1. The molecule has 0 aliphatic heterocycles. The quantitative estimate of drug-likeness (QED) is 0.358. The molecule has 5 rings (SSSR count). The SMILES string of the molecule is COCCn1ccc(-n2c(-c3nn(C(C)(C)C)c4ncnc(N)c34)c(Cl)c3ccc(C(N)=O)cc32)n1. The van der Waals surface area contributed by atoms with Crippen molar-refractivity contribution in [3.05, 3.63) is 47.4 Å². The van der Waals surface area contributed by atoms with Crippen molar-refractivity contribution in [2.45, 2.75) is 32.9 Å². The first-order chi connectivity index (χ1) is 17.1. The summed E-state index contributed by atoms with van der Waals surface area (Å²) in [6.07, 6.45) is 3.26. The molecule has 0 fully saturated rings. The van der Waals surface area contributed by atoms with Crippen LogP contribution < -0.4 is 11.5 Å². The lowest BCUT2D eigenvalue weighted by Crippen LogP contribution is -2.23. The summed E-state index contributed by atoms with van der Waals surface area (Å²) in [5.41, 5.74) is 14.2. The second kappa shape index (κ2) is 8.61. The Morgan fingerprint density at radius 1 is 1.17 bits per heavy atom. The van der Waals surface area contributed by atoms with E-state index in [-0.39, 0.29) is 5.82 Å². The van der Waals surface area contributed by atoms with E-state index in [1.807, 2.05) is 37.6 Å². The van der Waals surface area contributed by atoms with Crippen molar-refractivity contribution in [2.75, 3.05) is 19.5 Å². The Kier molecular flexibility index (Phi) is 5.68. The van der Waals surface area contributed by atoms with Gasteiger partial charge in [-0.1, -0.05) is 17.7 Å². The molecular weight excluding hydrogens is 482 g/mol. The highest BCUT2D eigenvalue weighted by Crippen LogP contribution is 2.43. The maximum Gasteiger partial charge on any atom is 0.248 e. The molecule has 12 heteroatoms. The van der Waals surface area contributed by atoms with Gasteiger partial charge in [-0.2, -0.15) is 10.2 Å². The summed E-state index contributed by atoms with van der Waals surface area (Å²) in [6, 6.07) is 6.96. The lowest BCUT2D eigenvalue weighted by Gasteiger charge is -2.19. The number of anilines is 1. The third kappa shape index (κ3) is 3.76. The standard InChI is InChI=1S/C24H26ClN9O2/c1-24(2,3)34-23-17(21(26)28-12-29-23)19(31-34)20-18(25)14-6-5-13(22(27)35)11-15(14)33(20)16-7-8-32(30-16)9-10-36-4/h5-8,11-12H,9-10H2,1-4H3,(H2,27,35)(H2,26,28,29). The first-order valence-corrected chi connectivity index (χ1v) is 11.7. The topological polar surface area (TPSA) is 145 Å². The lowest BCUT2D eigenvalue weighted by molar-refractivity contribution is 0.100. The number of fused-ring (bicyclic) bond motifs is 2. The smallest absolute Gasteiger partial charge is 0.248 e. The number of ether oxygens (including phenoxy) is 1. The molecule has 4 heterocycles. The molecule has 0 unspecified atom stereocenters. The van der Waals surface area contributed by atoms with E-state index in [2.05, 4.69) is 9.97 Å². The van der Waals surface area contributed by atoms with E-state index in [0.717, 1.165) is 0 Å². The van der Waals surface area contributed by atoms with Gasteiger partial charge >= 0.3 is 0 Å². The van der Waals surface area contributed by atoms with E-state index < -0.39 is 11.4 Å². The first-order valence-electron chi connectivity index (χ1n) is 11.3. The largest absolute Gasteiger partial charge is 0.383 e. The Morgan fingerprint density at radius 2 is 1.94 bits per heavy atom.